The van der Waals surface area contributed by atoms with E-state index in [1.165, 1.54) is 22.1 Å². The van der Waals surface area contributed by atoms with Gasteiger partial charge in [-0.3, -0.25) is 9.59 Å². The molecule has 5 nitrogen and oxygen atoms in total. The van der Waals surface area contributed by atoms with E-state index in [2.05, 4.69) is 26.3 Å². The van der Waals surface area contributed by atoms with E-state index in [9.17, 15) is 9.59 Å². The first-order valence-corrected chi connectivity index (χ1v) is 9.27. The molecule has 0 aliphatic carbocycles. The molecule has 0 unspecified atom stereocenters. The van der Waals surface area contributed by atoms with Crippen molar-refractivity contribution in [2.24, 2.45) is 0 Å². The first kappa shape index (κ1) is 17.6. The van der Waals surface area contributed by atoms with Crippen LogP contribution in [0, 0.1) is 0 Å². The summed E-state index contributed by atoms with van der Waals surface area (Å²) in [5, 5.41) is 9.19. The number of halogens is 1. The van der Waals surface area contributed by atoms with E-state index in [-0.39, 0.29) is 11.5 Å². The van der Waals surface area contributed by atoms with Crippen LogP contribution in [-0.4, -0.2) is 15.7 Å². The topological polar surface area (TPSA) is 64.0 Å². The fraction of sp³-hybridized carbons (Fsp3) is 0.167. The number of rotatable bonds is 4. The Bertz CT molecular complexity index is 964. The lowest BCUT2D eigenvalue weighted by Gasteiger charge is -2.25. The molecule has 0 atom stereocenters. The first-order chi connectivity index (χ1) is 11.9. The Morgan fingerprint density at radius 3 is 2.68 bits per heavy atom. The number of thiophene rings is 1. The first-order valence-electron chi connectivity index (χ1n) is 7.60. The molecular weight excluding hydrogens is 402 g/mol. The Morgan fingerprint density at radius 2 is 2.00 bits per heavy atom. The zero-order valence-electron chi connectivity index (χ0n) is 13.7. The lowest BCUT2D eigenvalue weighted by Crippen LogP contribution is -2.47. The van der Waals surface area contributed by atoms with Crippen molar-refractivity contribution >= 4 is 38.9 Å². The van der Waals surface area contributed by atoms with Crippen LogP contribution in [0.2, 0.25) is 0 Å². The minimum absolute atomic E-state index is 0.316. The van der Waals surface area contributed by atoms with Gasteiger partial charge in [-0.2, -0.15) is 5.10 Å². The number of benzene rings is 1. The van der Waals surface area contributed by atoms with Gasteiger partial charge in [-0.1, -0.05) is 28.1 Å². The van der Waals surface area contributed by atoms with E-state index in [1.54, 1.807) is 32.0 Å². The molecule has 3 aromatic rings. The van der Waals surface area contributed by atoms with Crippen LogP contribution in [0.4, 0.5) is 5.69 Å². The Hall–Kier alpha value is -2.25. The van der Waals surface area contributed by atoms with E-state index in [0.717, 1.165) is 9.35 Å². The summed E-state index contributed by atoms with van der Waals surface area (Å²) in [6.45, 7) is 3.35. The summed E-state index contributed by atoms with van der Waals surface area (Å²) in [6.07, 6.45) is 0. The maximum atomic E-state index is 12.8. The molecule has 7 heteroatoms. The molecule has 0 fully saturated rings. The number of hydrogen-bond acceptors (Lipinski definition) is 4. The number of nitrogens with zero attached hydrogens (tertiary/aromatic N) is 2. The number of carbonyl (C=O) groups is 1. The van der Waals surface area contributed by atoms with Gasteiger partial charge in [0.05, 0.1) is 4.88 Å². The van der Waals surface area contributed by atoms with Crippen LogP contribution in [0.25, 0.3) is 10.6 Å². The van der Waals surface area contributed by atoms with Gasteiger partial charge >= 0.3 is 0 Å². The fourth-order valence-corrected chi connectivity index (χ4v) is 3.40. The number of hydrogen-bond donors (Lipinski definition) is 1. The van der Waals surface area contributed by atoms with Crippen LogP contribution in [-0.2, 0) is 10.3 Å². The number of aromatic nitrogens is 2. The van der Waals surface area contributed by atoms with Crippen molar-refractivity contribution in [3.63, 3.8) is 0 Å². The Kier molecular flexibility index (Phi) is 4.87. The van der Waals surface area contributed by atoms with Gasteiger partial charge in [0.15, 0.2) is 0 Å². The maximum Gasteiger partial charge on any atom is 0.267 e. The van der Waals surface area contributed by atoms with Crippen molar-refractivity contribution < 1.29 is 4.79 Å². The molecule has 1 N–H and O–H groups in total. The summed E-state index contributed by atoms with van der Waals surface area (Å²) in [7, 11) is 0. The molecule has 0 saturated carbocycles. The molecule has 2 aromatic heterocycles. The van der Waals surface area contributed by atoms with Gasteiger partial charge in [-0.15, -0.1) is 11.3 Å². The molecule has 1 aromatic carbocycles. The number of carbonyl (C=O) groups excluding carboxylic acids is 1. The van der Waals surface area contributed by atoms with E-state index >= 15 is 0 Å². The Labute approximate surface area is 157 Å². The molecule has 25 heavy (non-hydrogen) atoms. The van der Waals surface area contributed by atoms with Gasteiger partial charge in [-0.05, 0) is 49.6 Å². The number of nitrogens with one attached hydrogen (secondary N) is 1. The third-order valence-corrected chi connectivity index (χ3v) is 5.13. The lowest BCUT2D eigenvalue weighted by atomic mass is 10.0. The molecule has 0 aliphatic heterocycles. The molecule has 0 radical (unpaired) electrons. The van der Waals surface area contributed by atoms with E-state index in [0.29, 0.717) is 11.4 Å². The quantitative estimate of drug-likeness (QED) is 0.694. The van der Waals surface area contributed by atoms with Crippen molar-refractivity contribution in [1.29, 1.82) is 0 Å². The van der Waals surface area contributed by atoms with Gasteiger partial charge in [0.2, 0.25) is 0 Å². The highest BCUT2D eigenvalue weighted by Crippen LogP contribution is 2.23. The monoisotopic (exact) mass is 417 g/mol. The van der Waals surface area contributed by atoms with E-state index < -0.39 is 5.54 Å². The highest BCUT2D eigenvalue weighted by atomic mass is 79.9. The van der Waals surface area contributed by atoms with Gasteiger partial charge < -0.3 is 5.32 Å². The molecule has 1 amide bonds. The van der Waals surface area contributed by atoms with Crippen molar-refractivity contribution in [3.8, 4) is 10.6 Å². The molecule has 2 heterocycles. The van der Waals surface area contributed by atoms with Gasteiger partial charge in [0, 0.05) is 16.2 Å². The normalized spacial score (nSPS) is 11.3. The number of amides is 1. The average Bonchev–Trinajstić information content (AvgIpc) is 3.09. The van der Waals surface area contributed by atoms with Crippen LogP contribution in [0.5, 0.6) is 0 Å². The van der Waals surface area contributed by atoms with E-state index in [1.807, 2.05) is 29.6 Å². The summed E-state index contributed by atoms with van der Waals surface area (Å²) < 4.78 is 2.09. The molecule has 0 saturated heterocycles. The maximum absolute atomic E-state index is 12.8. The van der Waals surface area contributed by atoms with Crippen LogP contribution in [0.15, 0.2) is 63.2 Å². The summed E-state index contributed by atoms with van der Waals surface area (Å²) in [5.41, 5.74) is -0.158. The number of anilines is 1. The summed E-state index contributed by atoms with van der Waals surface area (Å²) in [4.78, 5) is 26.0. The summed E-state index contributed by atoms with van der Waals surface area (Å²) in [6, 6.07) is 14.2. The second-order valence-corrected chi connectivity index (χ2v) is 7.83. The predicted molar refractivity (Wildman–Crippen MR) is 104 cm³/mol. The molecule has 0 bridgehead atoms. The smallest absolute Gasteiger partial charge is 0.267 e. The molecule has 0 aliphatic rings. The van der Waals surface area contributed by atoms with Gasteiger partial charge in [-0.25, -0.2) is 4.68 Å². The molecule has 3 rings (SSSR count). The van der Waals surface area contributed by atoms with Gasteiger partial charge in [0.25, 0.3) is 11.5 Å². The lowest BCUT2D eigenvalue weighted by molar-refractivity contribution is -0.123. The summed E-state index contributed by atoms with van der Waals surface area (Å²) >= 11 is 4.90. The minimum Gasteiger partial charge on any atom is -0.324 e. The van der Waals surface area contributed by atoms with Crippen LogP contribution < -0.4 is 10.9 Å². The van der Waals surface area contributed by atoms with Crippen LogP contribution in [0.1, 0.15) is 13.8 Å². The van der Waals surface area contributed by atoms with Crippen molar-refractivity contribution in [2.45, 2.75) is 19.4 Å². The Balaban J connectivity index is 1.94. The highest BCUT2D eigenvalue weighted by molar-refractivity contribution is 9.10. The average molecular weight is 418 g/mol. The SMILES string of the molecule is CC(C)(C(=O)Nc1cccc(Br)c1)n1nc(-c2cccs2)ccc1=O. The highest BCUT2D eigenvalue weighted by Gasteiger charge is 2.32. The third kappa shape index (κ3) is 3.72. The molecular formula is C18H16BrN3O2S. The predicted octanol–water partition coefficient (Wildman–Crippen LogP) is 4.11. The summed E-state index contributed by atoms with van der Waals surface area (Å²) in [5.74, 6) is -0.316. The van der Waals surface area contributed by atoms with Crippen molar-refractivity contribution in [1.82, 2.24) is 9.78 Å². The fourth-order valence-electron chi connectivity index (χ4n) is 2.31. The largest absolute Gasteiger partial charge is 0.324 e. The van der Waals surface area contributed by atoms with Crippen molar-refractivity contribution in [2.75, 3.05) is 5.32 Å². The standard InChI is InChI=1S/C18H16BrN3O2S/c1-18(2,17(24)20-13-6-3-5-12(19)11-13)22-16(23)9-8-14(21-22)15-7-4-10-25-15/h3-11H,1-2H3,(H,20,24). The van der Waals surface area contributed by atoms with Crippen LogP contribution >= 0.6 is 27.3 Å². The second kappa shape index (κ2) is 6.93. The molecule has 128 valence electrons. The minimum atomic E-state index is -1.15. The van der Waals surface area contributed by atoms with Crippen LogP contribution in [0.3, 0.4) is 0 Å². The Morgan fingerprint density at radius 1 is 1.20 bits per heavy atom. The second-order valence-electron chi connectivity index (χ2n) is 5.97. The zero-order chi connectivity index (χ0) is 18.0. The zero-order valence-corrected chi connectivity index (χ0v) is 16.1. The molecule has 0 spiro atoms. The van der Waals surface area contributed by atoms with Crippen molar-refractivity contribution in [3.05, 3.63) is 68.7 Å². The van der Waals surface area contributed by atoms with Gasteiger partial charge in [0.1, 0.15) is 11.2 Å². The third-order valence-electron chi connectivity index (χ3n) is 3.74. The van der Waals surface area contributed by atoms with E-state index in [4.69, 9.17) is 0 Å².